The molecule has 0 bridgehead atoms. The van der Waals surface area contributed by atoms with E-state index in [9.17, 15) is 9.18 Å². The second kappa shape index (κ2) is 4.89. The van der Waals surface area contributed by atoms with Crippen LogP contribution in [0.1, 0.15) is 31.1 Å². The van der Waals surface area contributed by atoms with E-state index in [1.807, 2.05) is 20.8 Å². The number of halogens is 2. The molecule has 0 aliphatic carbocycles. The summed E-state index contributed by atoms with van der Waals surface area (Å²) in [6.45, 7) is 5.98. The van der Waals surface area contributed by atoms with Crippen molar-refractivity contribution in [1.82, 2.24) is 9.78 Å². The summed E-state index contributed by atoms with van der Waals surface area (Å²) in [5.41, 5.74) is 1.49. The predicted molar refractivity (Wildman–Crippen MR) is 75.7 cm³/mol. The molecule has 0 saturated carbocycles. The normalized spacial score (nSPS) is 11.6. The summed E-state index contributed by atoms with van der Waals surface area (Å²) in [5.74, 6) is -0.314. The van der Waals surface area contributed by atoms with Gasteiger partial charge in [0.2, 0.25) is 0 Å². The zero-order chi connectivity index (χ0) is 14.2. The van der Waals surface area contributed by atoms with E-state index in [4.69, 9.17) is 0 Å². The molecule has 0 fully saturated rings. The smallest absolute Gasteiger partial charge is 0.155 e. The van der Waals surface area contributed by atoms with Gasteiger partial charge in [-0.2, -0.15) is 5.10 Å². The number of benzene rings is 1. The Kier molecular flexibility index (Phi) is 3.58. The average molecular weight is 325 g/mol. The minimum Gasteiger partial charge on any atom is -0.298 e. The Balaban J connectivity index is 2.64. The first kappa shape index (κ1) is 13.9. The van der Waals surface area contributed by atoms with Crippen LogP contribution in [0.25, 0.3) is 11.3 Å². The molecule has 0 amide bonds. The molecule has 0 aliphatic rings. The number of aldehydes is 1. The molecule has 0 unspecified atom stereocenters. The summed E-state index contributed by atoms with van der Waals surface area (Å²) in [7, 11) is 0. The maximum absolute atomic E-state index is 13.0. The molecule has 100 valence electrons. The molecule has 0 aliphatic heterocycles. The standard InChI is InChI=1S/C14H14BrFN2O/c1-14(2,3)18-13(15)11(8-19)12(17-18)9-4-6-10(16)7-5-9/h4-8H,1-3H3. The molecule has 0 spiro atoms. The molecular weight excluding hydrogens is 311 g/mol. The van der Waals surface area contributed by atoms with Crippen LogP contribution in [0.2, 0.25) is 0 Å². The van der Waals surface area contributed by atoms with Crippen LogP contribution in [0.5, 0.6) is 0 Å². The van der Waals surface area contributed by atoms with Gasteiger partial charge in [-0.1, -0.05) is 0 Å². The third kappa shape index (κ3) is 2.61. The second-order valence-electron chi connectivity index (χ2n) is 5.26. The van der Waals surface area contributed by atoms with Crippen molar-refractivity contribution in [1.29, 1.82) is 0 Å². The second-order valence-corrected chi connectivity index (χ2v) is 6.01. The van der Waals surface area contributed by atoms with Gasteiger partial charge < -0.3 is 0 Å². The van der Waals surface area contributed by atoms with Crippen LogP contribution in [0.15, 0.2) is 28.9 Å². The fourth-order valence-electron chi connectivity index (χ4n) is 1.78. The van der Waals surface area contributed by atoms with Crippen LogP contribution in [0, 0.1) is 5.82 Å². The molecular formula is C14H14BrFN2O. The number of aromatic nitrogens is 2. The number of nitrogens with zero attached hydrogens (tertiary/aromatic N) is 2. The summed E-state index contributed by atoms with van der Waals surface area (Å²) in [6, 6.07) is 5.94. The molecule has 0 N–H and O–H groups in total. The Bertz CT molecular complexity index is 612. The van der Waals surface area contributed by atoms with Crippen LogP contribution in [-0.4, -0.2) is 16.1 Å². The number of carbonyl (C=O) groups excluding carboxylic acids is 1. The third-order valence-corrected chi connectivity index (χ3v) is 3.50. The molecule has 0 atom stereocenters. The summed E-state index contributed by atoms with van der Waals surface area (Å²) in [4.78, 5) is 11.3. The Morgan fingerprint density at radius 3 is 2.32 bits per heavy atom. The van der Waals surface area contributed by atoms with Gasteiger partial charge in [-0.15, -0.1) is 0 Å². The van der Waals surface area contributed by atoms with Crippen molar-refractivity contribution < 1.29 is 9.18 Å². The van der Waals surface area contributed by atoms with E-state index in [0.717, 1.165) is 6.29 Å². The van der Waals surface area contributed by atoms with Crippen LogP contribution < -0.4 is 0 Å². The molecule has 2 aromatic rings. The zero-order valence-corrected chi connectivity index (χ0v) is 12.5. The van der Waals surface area contributed by atoms with Crippen molar-refractivity contribution in [3.63, 3.8) is 0 Å². The van der Waals surface area contributed by atoms with Crippen molar-refractivity contribution >= 4 is 22.2 Å². The van der Waals surface area contributed by atoms with E-state index in [0.29, 0.717) is 21.4 Å². The fraction of sp³-hybridized carbons (Fsp3) is 0.286. The van der Waals surface area contributed by atoms with Crippen LogP contribution in [-0.2, 0) is 5.54 Å². The molecule has 5 heteroatoms. The molecule has 0 radical (unpaired) electrons. The molecule has 2 rings (SSSR count). The summed E-state index contributed by atoms with van der Waals surface area (Å²) >= 11 is 3.40. The number of hydrogen-bond acceptors (Lipinski definition) is 2. The molecule has 1 aromatic carbocycles. The van der Waals surface area contributed by atoms with E-state index >= 15 is 0 Å². The van der Waals surface area contributed by atoms with Crippen molar-refractivity contribution in [3.05, 3.63) is 40.2 Å². The SMILES string of the molecule is CC(C)(C)n1nc(-c2ccc(F)cc2)c(C=O)c1Br. The monoisotopic (exact) mass is 324 g/mol. The molecule has 1 heterocycles. The summed E-state index contributed by atoms with van der Waals surface area (Å²) < 4.78 is 15.3. The molecule has 1 aromatic heterocycles. The highest BCUT2D eigenvalue weighted by Gasteiger charge is 2.23. The minimum absolute atomic E-state index is 0.255. The zero-order valence-electron chi connectivity index (χ0n) is 10.9. The van der Waals surface area contributed by atoms with Gasteiger partial charge in [0.25, 0.3) is 0 Å². The van der Waals surface area contributed by atoms with E-state index in [2.05, 4.69) is 21.0 Å². The van der Waals surface area contributed by atoms with Crippen LogP contribution >= 0.6 is 15.9 Å². The number of carbonyl (C=O) groups is 1. The molecule has 19 heavy (non-hydrogen) atoms. The lowest BCUT2D eigenvalue weighted by atomic mass is 10.1. The highest BCUT2D eigenvalue weighted by molar-refractivity contribution is 9.10. The summed E-state index contributed by atoms with van der Waals surface area (Å²) in [5, 5.41) is 4.47. The van der Waals surface area contributed by atoms with Gasteiger partial charge in [0.1, 0.15) is 16.1 Å². The lowest BCUT2D eigenvalue weighted by Crippen LogP contribution is -2.23. The Morgan fingerprint density at radius 2 is 1.84 bits per heavy atom. The first-order valence-electron chi connectivity index (χ1n) is 5.84. The van der Waals surface area contributed by atoms with Gasteiger partial charge in [0.15, 0.2) is 6.29 Å². The van der Waals surface area contributed by atoms with Gasteiger partial charge in [-0.3, -0.25) is 9.48 Å². The maximum atomic E-state index is 13.0. The Labute approximate surface area is 119 Å². The van der Waals surface area contributed by atoms with E-state index in [1.165, 1.54) is 12.1 Å². The number of hydrogen-bond donors (Lipinski definition) is 0. The van der Waals surface area contributed by atoms with Crippen LogP contribution in [0.3, 0.4) is 0 Å². The van der Waals surface area contributed by atoms with Gasteiger partial charge in [0.05, 0.1) is 11.1 Å². The maximum Gasteiger partial charge on any atom is 0.155 e. The minimum atomic E-state index is -0.314. The Hall–Kier alpha value is -1.49. The highest BCUT2D eigenvalue weighted by atomic mass is 79.9. The van der Waals surface area contributed by atoms with Gasteiger partial charge in [0, 0.05) is 5.56 Å². The molecule has 0 saturated heterocycles. The van der Waals surface area contributed by atoms with Gasteiger partial charge in [-0.25, -0.2) is 4.39 Å². The first-order valence-corrected chi connectivity index (χ1v) is 6.64. The first-order chi connectivity index (χ1) is 8.84. The molecule has 3 nitrogen and oxygen atoms in total. The topological polar surface area (TPSA) is 34.9 Å². The van der Waals surface area contributed by atoms with E-state index in [-0.39, 0.29) is 11.4 Å². The predicted octanol–water partition coefficient (Wildman–Crippen LogP) is 4.02. The van der Waals surface area contributed by atoms with Gasteiger partial charge >= 0.3 is 0 Å². The lowest BCUT2D eigenvalue weighted by molar-refractivity contribution is 0.112. The van der Waals surface area contributed by atoms with Crippen molar-refractivity contribution in [2.45, 2.75) is 26.3 Å². The highest BCUT2D eigenvalue weighted by Crippen LogP contribution is 2.31. The van der Waals surface area contributed by atoms with Crippen molar-refractivity contribution in [3.8, 4) is 11.3 Å². The van der Waals surface area contributed by atoms with Crippen molar-refractivity contribution in [2.24, 2.45) is 0 Å². The quantitative estimate of drug-likeness (QED) is 0.782. The number of rotatable bonds is 2. The lowest BCUT2D eigenvalue weighted by Gasteiger charge is -2.20. The van der Waals surface area contributed by atoms with Gasteiger partial charge in [-0.05, 0) is 61.0 Å². The Morgan fingerprint density at radius 1 is 1.26 bits per heavy atom. The largest absolute Gasteiger partial charge is 0.298 e. The summed E-state index contributed by atoms with van der Waals surface area (Å²) in [6.07, 6.45) is 0.762. The van der Waals surface area contributed by atoms with E-state index in [1.54, 1.807) is 16.8 Å². The van der Waals surface area contributed by atoms with Crippen molar-refractivity contribution in [2.75, 3.05) is 0 Å². The van der Waals surface area contributed by atoms with Crippen LogP contribution in [0.4, 0.5) is 4.39 Å². The fourth-order valence-corrected chi connectivity index (χ4v) is 2.67. The van der Waals surface area contributed by atoms with E-state index < -0.39 is 0 Å². The average Bonchev–Trinajstić information content (AvgIpc) is 2.67. The third-order valence-electron chi connectivity index (χ3n) is 2.73.